The number of benzene rings is 1. The molecule has 1 aromatic rings. The Balaban J connectivity index is 1.25. The van der Waals surface area contributed by atoms with Crippen molar-refractivity contribution in [3.8, 4) is 5.75 Å². The van der Waals surface area contributed by atoms with E-state index < -0.39 is 5.82 Å². The first-order valence-corrected chi connectivity index (χ1v) is 10.3. The number of hydrogen-bond acceptors (Lipinski definition) is 5. The van der Waals surface area contributed by atoms with Crippen LogP contribution in [0.3, 0.4) is 0 Å². The van der Waals surface area contributed by atoms with Gasteiger partial charge in [0.1, 0.15) is 11.6 Å². The zero-order valence-corrected chi connectivity index (χ0v) is 17.3. The molecule has 2 bridgehead atoms. The Bertz CT molecular complexity index is 817. The maximum Gasteiger partial charge on any atom is 0.258 e. The third-order valence-corrected chi connectivity index (χ3v) is 6.62. The van der Waals surface area contributed by atoms with E-state index in [-0.39, 0.29) is 52.7 Å². The van der Waals surface area contributed by atoms with Gasteiger partial charge in [-0.15, -0.1) is 0 Å². The number of carbonyl (C=O) groups is 2. The van der Waals surface area contributed by atoms with Gasteiger partial charge in [0.15, 0.2) is 6.61 Å². The summed E-state index contributed by atoms with van der Waals surface area (Å²) in [6.45, 7) is 2.51. The predicted octanol–water partition coefficient (Wildman–Crippen LogP) is 1.47. The Labute approximate surface area is 174 Å². The van der Waals surface area contributed by atoms with Crippen molar-refractivity contribution in [3.63, 3.8) is 0 Å². The average molecular weight is 425 g/mol. The SMILES string of the molecule is CC1NN(C)CC1C(=O)NC1CC2(NC(=O)COc3ccc(Cl)c(F)c3)CC1C2. The van der Waals surface area contributed by atoms with Crippen LogP contribution in [0.1, 0.15) is 26.2 Å². The molecule has 4 fully saturated rings. The molecule has 7 nitrogen and oxygen atoms in total. The van der Waals surface area contributed by atoms with Gasteiger partial charge in [-0.2, -0.15) is 0 Å². The molecule has 0 spiro atoms. The van der Waals surface area contributed by atoms with Crippen molar-refractivity contribution in [2.24, 2.45) is 11.8 Å². The number of nitrogens with one attached hydrogen (secondary N) is 3. The number of fused-ring (bicyclic) bond motifs is 1. The van der Waals surface area contributed by atoms with Crippen molar-refractivity contribution in [2.45, 2.75) is 43.8 Å². The van der Waals surface area contributed by atoms with E-state index in [1.54, 1.807) is 0 Å². The minimum Gasteiger partial charge on any atom is -0.484 e. The van der Waals surface area contributed by atoms with E-state index in [1.807, 2.05) is 19.0 Å². The Morgan fingerprint density at radius 1 is 1.38 bits per heavy atom. The van der Waals surface area contributed by atoms with Gasteiger partial charge in [-0.1, -0.05) is 11.6 Å². The molecule has 1 heterocycles. The Morgan fingerprint density at radius 3 is 2.79 bits per heavy atom. The van der Waals surface area contributed by atoms with Gasteiger partial charge in [0, 0.05) is 37.3 Å². The summed E-state index contributed by atoms with van der Waals surface area (Å²) in [5.74, 6) is -0.184. The Kier molecular flexibility index (Phi) is 5.44. The fourth-order valence-corrected chi connectivity index (χ4v) is 5.01. The van der Waals surface area contributed by atoms with Crippen LogP contribution in [0.25, 0.3) is 0 Å². The van der Waals surface area contributed by atoms with Gasteiger partial charge in [-0.3, -0.25) is 15.0 Å². The van der Waals surface area contributed by atoms with Crippen LogP contribution in [0.15, 0.2) is 18.2 Å². The largest absolute Gasteiger partial charge is 0.484 e. The number of rotatable bonds is 6. The van der Waals surface area contributed by atoms with Crippen LogP contribution < -0.4 is 20.8 Å². The molecule has 1 aromatic carbocycles. The van der Waals surface area contributed by atoms with E-state index in [4.69, 9.17) is 16.3 Å². The summed E-state index contributed by atoms with van der Waals surface area (Å²) in [7, 11) is 1.93. The summed E-state index contributed by atoms with van der Waals surface area (Å²) in [4.78, 5) is 24.9. The highest BCUT2D eigenvalue weighted by atomic mass is 35.5. The third-order valence-electron chi connectivity index (χ3n) is 6.31. The van der Waals surface area contributed by atoms with Crippen molar-refractivity contribution < 1.29 is 18.7 Å². The van der Waals surface area contributed by atoms with Crippen LogP contribution in [0.5, 0.6) is 5.75 Å². The molecular weight excluding hydrogens is 399 g/mol. The quantitative estimate of drug-likeness (QED) is 0.644. The third kappa shape index (κ3) is 4.20. The summed E-state index contributed by atoms with van der Waals surface area (Å²) in [5.41, 5.74) is 2.96. The highest BCUT2D eigenvalue weighted by Gasteiger charge is 2.57. The van der Waals surface area contributed by atoms with E-state index >= 15 is 0 Å². The molecule has 0 radical (unpaired) electrons. The molecule has 3 saturated carbocycles. The molecule has 2 amide bonds. The number of carbonyl (C=O) groups excluding carboxylic acids is 2. The van der Waals surface area contributed by atoms with E-state index in [9.17, 15) is 14.0 Å². The zero-order chi connectivity index (χ0) is 20.8. The van der Waals surface area contributed by atoms with Crippen LogP contribution >= 0.6 is 11.6 Å². The maximum atomic E-state index is 13.4. The van der Waals surface area contributed by atoms with Crippen LogP contribution in [-0.4, -0.2) is 54.6 Å². The van der Waals surface area contributed by atoms with Crippen LogP contribution in [0.4, 0.5) is 4.39 Å². The highest BCUT2D eigenvalue weighted by molar-refractivity contribution is 6.30. The molecule has 3 atom stereocenters. The van der Waals surface area contributed by atoms with E-state index in [0.29, 0.717) is 12.5 Å². The Hall–Kier alpha value is -1.90. The van der Waals surface area contributed by atoms with Gasteiger partial charge in [0.2, 0.25) is 5.91 Å². The topological polar surface area (TPSA) is 82.7 Å². The summed E-state index contributed by atoms with van der Waals surface area (Å²) in [6.07, 6.45) is 2.45. The number of amides is 2. The van der Waals surface area contributed by atoms with Crippen molar-refractivity contribution in [3.05, 3.63) is 29.0 Å². The first kappa shape index (κ1) is 20.4. The first-order chi connectivity index (χ1) is 13.7. The van der Waals surface area contributed by atoms with Gasteiger partial charge in [0.05, 0.1) is 10.9 Å². The predicted molar refractivity (Wildman–Crippen MR) is 106 cm³/mol. The summed E-state index contributed by atoms with van der Waals surface area (Å²) >= 11 is 5.64. The number of hydrogen-bond donors (Lipinski definition) is 3. The van der Waals surface area contributed by atoms with Gasteiger partial charge in [-0.25, -0.2) is 9.40 Å². The lowest BCUT2D eigenvalue weighted by Gasteiger charge is -2.39. The number of nitrogens with zero attached hydrogens (tertiary/aromatic N) is 1. The van der Waals surface area contributed by atoms with Crippen molar-refractivity contribution in [2.75, 3.05) is 20.2 Å². The standard InChI is InChI=1S/C20H26ClFN4O3/c1-11-14(9-26(2)25-11)19(28)23-17-8-20(6-12(17)7-20)24-18(27)10-29-13-3-4-15(21)16(22)5-13/h3-5,11-12,14,17,25H,6-10H2,1-2H3,(H,23,28)(H,24,27). The molecule has 29 heavy (non-hydrogen) atoms. The fourth-order valence-electron chi connectivity index (χ4n) is 4.90. The second-order valence-electron chi connectivity index (χ2n) is 8.59. The minimum absolute atomic E-state index is 0.00895. The van der Waals surface area contributed by atoms with Gasteiger partial charge >= 0.3 is 0 Å². The van der Waals surface area contributed by atoms with Gasteiger partial charge in [0.25, 0.3) is 5.91 Å². The number of hydrazine groups is 1. The van der Waals surface area contributed by atoms with Crippen LogP contribution in [0, 0.1) is 17.7 Å². The first-order valence-electron chi connectivity index (χ1n) is 9.91. The number of halogens is 2. The van der Waals surface area contributed by atoms with E-state index in [2.05, 4.69) is 16.1 Å². The normalized spacial score (nSPS) is 33.2. The molecule has 4 aliphatic rings. The lowest BCUT2D eigenvalue weighted by Crippen LogP contribution is -2.53. The molecular formula is C20H26ClFN4O3. The smallest absolute Gasteiger partial charge is 0.258 e. The summed E-state index contributed by atoms with van der Waals surface area (Å²) < 4.78 is 18.8. The maximum absolute atomic E-state index is 13.4. The average Bonchev–Trinajstić information content (AvgIpc) is 3.25. The molecule has 3 unspecified atom stereocenters. The molecule has 1 aliphatic heterocycles. The second kappa shape index (κ2) is 7.74. The van der Waals surface area contributed by atoms with E-state index in [1.165, 1.54) is 12.1 Å². The zero-order valence-electron chi connectivity index (χ0n) is 16.5. The van der Waals surface area contributed by atoms with Crippen molar-refractivity contribution in [1.82, 2.24) is 21.1 Å². The summed E-state index contributed by atoms with van der Waals surface area (Å²) in [5, 5.41) is 8.19. The lowest BCUT2D eigenvalue weighted by molar-refractivity contribution is -0.126. The molecule has 3 N–H and O–H groups in total. The molecule has 9 heteroatoms. The fraction of sp³-hybridized carbons (Fsp3) is 0.600. The van der Waals surface area contributed by atoms with Gasteiger partial charge in [-0.05, 0) is 44.2 Å². The molecule has 5 rings (SSSR count). The van der Waals surface area contributed by atoms with Crippen molar-refractivity contribution >= 4 is 23.4 Å². The monoisotopic (exact) mass is 424 g/mol. The van der Waals surface area contributed by atoms with Crippen LogP contribution in [-0.2, 0) is 9.59 Å². The van der Waals surface area contributed by atoms with E-state index in [0.717, 1.165) is 25.3 Å². The molecule has 3 aliphatic carbocycles. The highest BCUT2D eigenvalue weighted by Crippen LogP contribution is 2.52. The van der Waals surface area contributed by atoms with Crippen LogP contribution in [0.2, 0.25) is 5.02 Å². The Morgan fingerprint density at radius 2 is 2.14 bits per heavy atom. The summed E-state index contributed by atoms with van der Waals surface area (Å²) in [6, 6.07) is 4.27. The molecule has 1 saturated heterocycles. The lowest BCUT2D eigenvalue weighted by atomic mass is 9.76. The minimum atomic E-state index is -0.586. The van der Waals surface area contributed by atoms with Crippen molar-refractivity contribution in [1.29, 1.82) is 0 Å². The second-order valence-corrected chi connectivity index (χ2v) is 8.99. The van der Waals surface area contributed by atoms with Gasteiger partial charge < -0.3 is 15.4 Å². The molecule has 0 aromatic heterocycles. The molecule has 158 valence electrons. The number of ether oxygens (including phenoxy) is 1.